The van der Waals surface area contributed by atoms with Crippen molar-refractivity contribution in [3.05, 3.63) is 76.7 Å². The molecular formula is C23H24N4O3S. The summed E-state index contributed by atoms with van der Waals surface area (Å²) in [6, 6.07) is 16.4. The van der Waals surface area contributed by atoms with Gasteiger partial charge in [0.2, 0.25) is 0 Å². The quantitative estimate of drug-likeness (QED) is 0.608. The maximum absolute atomic E-state index is 12.6. The Balaban J connectivity index is 1.22. The van der Waals surface area contributed by atoms with E-state index in [-0.39, 0.29) is 18.0 Å². The monoisotopic (exact) mass is 436 g/mol. The lowest BCUT2D eigenvalue weighted by atomic mass is 10.0. The Kier molecular flexibility index (Phi) is 6.78. The molecule has 4 rings (SSSR count). The van der Waals surface area contributed by atoms with Gasteiger partial charge in [0, 0.05) is 35.8 Å². The lowest BCUT2D eigenvalue weighted by Crippen LogP contribution is -2.47. The van der Waals surface area contributed by atoms with Crippen LogP contribution < -0.4 is 15.4 Å². The number of hydrogen-bond donors (Lipinski definition) is 2. The molecule has 3 aromatic rings. The number of thiazole rings is 1. The van der Waals surface area contributed by atoms with Crippen molar-refractivity contribution in [2.75, 3.05) is 18.4 Å². The predicted octanol–water partition coefficient (Wildman–Crippen LogP) is 4.15. The molecule has 0 bridgehead atoms. The fourth-order valence-corrected chi connectivity index (χ4v) is 3.93. The zero-order valence-corrected chi connectivity index (χ0v) is 17.8. The molecular weight excluding hydrogens is 412 g/mol. The molecule has 3 amide bonds. The number of likely N-dealkylation sites (tertiary alicyclic amines) is 1. The number of carbonyl (C=O) groups is 2. The van der Waals surface area contributed by atoms with E-state index >= 15 is 0 Å². The van der Waals surface area contributed by atoms with Gasteiger partial charge in [0.05, 0.1) is 11.2 Å². The van der Waals surface area contributed by atoms with Crippen LogP contribution in [0.1, 0.15) is 28.9 Å². The van der Waals surface area contributed by atoms with Gasteiger partial charge in [-0.15, -0.1) is 11.3 Å². The highest BCUT2D eigenvalue weighted by Gasteiger charge is 2.24. The van der Waals surface area contributed by atoms with Gasteiger partial charge in [-0.25, -0.2) is 9.78 Å². The molecule has 0 aliphatic carbocycles. The molecule has 0 spiro atoms. The van der Waals surface area contributed by atoms with E-state index in [1.807, 2.05) is 35.7 Å². The van der Waals surface area contributed by atoms with Gasteiger partial charge in [0.1, 0.15) is 12.4 Å². The summed E-state index contributed by atoms with van der Waals surface area (Å²) in [4.78, 5) is 30.9. The maximum atomic E-state index is 12.6. The van der Waals surface area contributed by atoms with E-state index in [0.29, 0.717) is 31.0 Å². The first-order chi connectivity index (χ1) is 15.2. The molecule has 2 aromatic carbocycles. The molecule has 0 radical (unpaired) electrons. The highest BCUT2D eigenvalue weighted by molar-refractivity contribution is 7.07. The van der Waals surface area contributed by atoms with Crippen molar-refractivity contribution in [1.29, 1.82) is 0 Å². The molecule has 8 heteroatoms. The van der Waals surface area contributed by atoms with Crippen LogP contribution in [0.5, 0.6) is 5.75 Å². The number of nitrogens with one attached hydrogen (secondary N) is 2. The number of rotatable bonds is 6. The number of hydrogen-bond acceptors (Lipinski definition) is 5. The van der Waals surface area contributed by atoms with Crippen molar-refractivity contribution in [3.8, 4) is 5.75 Å². The van der Waals surface area contributed by atoms with Gasteiger partial charge in [-0.05, 0) is 49.2 Å². The summed E-state index contributed by atoms with van der Waals surface area (Å²) in [5.41, 5.74) is 4.02. The molecule has 1 aliphatic heterocycles. The topological polar surface area (TPSA) is 83.6 Å². The van der Waals surface area contributed by atoms with E-state index < -0.39 is 0 Å². The lowest BCUT2D eigenvalue weighted by molar-refractivity contribution is 0.0919. The largest absolute Gasteiger partial charge is 0.487 e. The van der Waals surface area contributed by atoms with Gasteiger partial charge in [0.25, 0.3) is 5.91 Å². The number of amides is 3. The first-order valence-corrected chi connectivity index (χ1v) is 11.1. The van der Waals surface area contributed by atoms with Crippen LogP contribution in [0.2, 0.25) is 0 Å². The van der Waals surface area contributed by atoms with Crippen LogP contribution in [0.4, 0.5) is 10.5 Å². The average Bonchev–Trinajstić information content (AvgIpc) is 3.33. The van der Waals surface area contributed by atoms with E-state index in [9.17, 15) is 9.59 Å². The number of urea groups is 1. The van der Waals surface area contributed by atoms with Crippen LogP contribution >= 0.6 is 11.3 Å². The van der Waals surface area contributed by atoms with Gasteiger partial charge in [0.15, 0.2) is 0 Å². The first-order valence-electron chi connectivity index (χ1n) is 10.2. The smallest absolute Gasteiger partial charge is 0.321 e. The molecule has 1 fully saturated rings. The van der Waals surface area contributed by atoms with Crippen molar-refractivity contribution >= 4 is 29.0 Å². The van der Waals surface area contributed by atoms with Crippen LogP contribution in [0.25, 0.3) is 0 Å². The molecule has 160 valence electrons. The van der Waals surface area contributed by atoms with Crippen LogP contribution in [0.3, 0.4) is 0 Å². The third-order valence-electron chi connectivity index (χ3n) is 5.13. The molecule has 1 aliphatic rings. The summed E-state index contributed by atoms with van der Waals surface area (Å²) in [6.45, 7) is 1.62. The van der Waals surface area contributed by atoms with Gasteiger partial charge in [-0.3, -0.25) is 4.79 Å². The van der Waals surface area contributed by atoms with Crippen LogP contribution in [-0.2, 0) is 6.61 Å². The fraction of sp³-hybridized carbons (Fsp3) is 0.261. The lowest BCUT2D eigenvalue weighted by Gasteiger charge is -2.32. The Morgan fingerprint density at radius 3 is 2.48 bits per heavy atom. The number of para-hydroxylation sites is 1. The SMILES string of the molecule is O=C(NC1CCN(C(=O)Nc2ccccc2)CC1)c1ccc(OCc2cscn2)cc1. The Hall–Kier alpha value is -3.39. The minimum atomic E-state index is -0.113. The molecule has 0 saturated carbocycles. The highest BCUT2D eigenvalue weighted by Crippen LogP contribution is 2.17. The Labute approximate surface area is 185 Å². The normalized spacial score (nSPS) is 14.1. The summed E-state index contributed by atoms with van der Waals surface area (Å²) >= 11 is 1.53. The maximum Gasteiger partial charge on any atom is 0.321 e. The summed E-state index contributed by atoms with van der Waals surface area (Å²) < 4.78 is 5.68. The molecule has 1 aromatic heterocycles. The van der Waals surface area contributed by atoms with E-state index in [1.165, 1.54) is 11.3 Å². The van der Waals surface area contributed by atoms with Crippen molar-refractivity contribution in [1.82, 2.24) is 15.2 Å². The first kappa shape index (κ1) is 20.9. The predicted molar refractivity (Wildman–Crippen MR) is 120 cm³/mol. The van der Waals surface area contributed by atoms with Crippen LogP contribution in [-0.4, -0.2) is 41.0 Å². The Bertz CT molecular complexity index is 985. The summed E-state index contributed by atoms with van der Waals surface area (Å²) in [6.07, 6.45) is 1.45. The third kappa shape index (κ3) is 5.82. The second-order valence-electron chi connectivity index (χ2n) is 7.32. The van der Waals surface area contributed by atoms with Crippen molar-refractivity contribution in [3.63, 3.8) is 0 Å². The highest BCUT2D eigenvalue weighted by atomic mass is 32.1. The molecule has 2 heterocycles. The molecule has 31 heavy (non-hydrogen) atoms. The Morgan fingerprint density at radius 2 is 1.81 bits per heavy atom. The molecule has 2 N–H and O–H groups in total. The molecule has 7 nitrogen and oxygen atoms in total. The van der Waals surface area contributed by atoms with E-state index in [4.69, 9.17) is 4.74 Å². The number of anilines is 1. The zero-order chi connectivity index (χ0) is 21.5. The summed E-state index contributed by atoms with van der Waals surface area (Å²) in [5, 5.41) is 7.92. The summed E-state index contributed by atoms with van der Waals surface area (Å²) in [7, 11) is 0. The molecule has 1 saturated heterocycles. The Morgan fingerprint density at radius 1 is 1.06 bits per heavy atom. The third-order valence-corrected chi connectivity index (χ3v) is 5.76. The zero-order valence-electron chi connectivity index (χ0n) is 17.0. The van der Waals surface area contributed by atoms with Crippen molar-refractivity contribution in [2.45, 2.75) is 25.5 Å². The summed E-state index contributed by atoms with van der Waals surface area (Å²) in [5.74, 6) is 0.584. The number of aromatic nitrogens is 1. The standard InChI is InChI=1S/C23H24N4O3S/c28-22(17-6-8-21(9-7-17)30-14-20-15-31-16-24-20)25-19-10-12-27(13-11-19)23(29)26-18-4-2-1-3-5-18/h1-9,15-16,19H,10-14H2,(H,25,28)(H,26,29). The average molecular weight is 437 g/mol. The van der Waals surface area contributed by atoms with Gasteiger partial charge >= 0.3 is 6.03 Å². The van der Waals surface area contributed by atoms with Gasteiger partial charge < -0.3 is 20.3 Å². The second-order valence-corrected chi connectivity index (χ2v) is 8.04. The van der Waals surface area contributed by atoms with Gasteiger partial charge in [-0.1, -0.05) is 18.2 Å². The number of ether oxygens (including phenoxy) is 1. The second kappa shape index (κ2) is 10.1. The number of piperidine rings is 1. The minimum absolute atomic E-state index is 0.0499. The minimum Gasteiger partial charge on any atom is -0.487 e. The molecule has 0 atom stereocenters. The molecule has 0 unspecified atom stereocenters. The van der Waals surface area contributed by atoms with Gasteiger partial charge in [-0.2, -0.15) is 0 Å². The van der Waals surface area contributed by atoms with Crippen molar-refractivity contribution < 1.29 is 14.3 Å². The number of nitrogens with zero attached hydrogens (tertiary/aromatic N) is 2. The number of benzene rings is 2. The van der Waals surface area contributed by atoms with E-state index in [2.05, 4.69) is 15.6 Å². The van der Waals surface area contributed by atoms with Crippen LogP contribution in [0.15, 0.2) is 65.5 Å². The van der Waals surface area contributed by atoms with Crippen LogP contribution in [0, 0.1) is 0 Å². The van der Waals surface area contributed by atoms with E-state index in [0.717, 1.165) is 24.2 Å². The number of carbonyl (C=O) groups excluding carboxylic acids is 2. The van der Waals surface area contributed by atoms with E-state index in [1.54, 1.807) is 34.7 Å². The van der Waals surface area contributed by atoms with Crippen molar-refractivity contribution in [2.24, 2.45) is 0 Å². The fourth-order valence-electron chi connectivity index (χ4n) is 3.39.